The molecule has 156 valence electrons. The van der Waals surface area contributed by atoms with Gasteiger partial charge in [0, 0.05) is 11.8 Å². The molecule has 0 aliphatic heterocycles. The normalized spacial score (nSPS) is 15.1. The second-order valence-corrected chi connectivity index (χ2v) is 8.72. The molecular weight excluding hydrogens is 374 g/mol. The van der Waals surface area contributed by atoms with Gasteiger partial charge in [0.05, 0.1) is 5.54 Å². The third-order valence-electron chi connectivity index (χ3n) is 6.55. The largest absolute Gasteiger partial charge is 0.318 e. The average molecular weight is 406 g/mol. The predicted octanol–water partition coefficient (Wildman–Crippen LogP) is 7.21. The second kappa shape index (κ2) is 8.91. The van der Waals surface area contributed by atoms with Gasteiger partial charge in [0.25, 0.3) is 0 Å². The van der Waals surface area contributed by atoms with Gasteiger partial charge in [-0.1, -0.05) is 123 Å². The topological polar surface area (TPSA) is 26.0 Å². The maximum absolute atomic E-state index is 6.97. The van der Waals surface area contributed by atoms with Crippen molar-refractivity contribution in [3.05, 3.63) is 143 Å². The Bertz CT molecular complexity index is 1050. The van der Waals surface area contributed by atoms with Gasteiger partial charge >= 0.3 is 0 Å². The smallest absolute Gasteiger partial charge is 0.0637 e. The molecule has 0 saturated carbocycles. The summed E-state index contributed by atoms with van der Waals surface area (Å²) in [6, 6.07) is 38.8. The lowest BCUT2D eigenvalue weighted by Crippen LogP contribution is -2.34. The van der Waals surface area contributed by atoms with Crippen LogP contribution in [-0.4, -0.2) is 0 Å². The van der Waals surface area contributed by atoms with E-state index < -0.39 is 5.54 Å². The van der Waals surface area contributed by atoms with Crippen LogP contribution in [0, 0.1) is 0 Å². The van der Waals surface area contributed by atoms with Crippen LogP contribution in [0.5, 0.6) is 0 Å². The average Bonchev–Trinajstić information content (AvgIpc) is 2.84. The minimum absolute atomic E-state index is 0.287. The first-order valence-electron chi connectivity index (χ1n) is 11.1. The molecule has 31 heavy (non-hydrogen) atoms. The van der Waals surface area contributed by atoms with Crippen molar-refractivity contribution in [3.63, 3.8) is 0 Å². The van der Waals surface area contributed by atoms with Crippen LogP contribution in [0.4, 0.5) is 0 Å². The Morgan fingerprint density at radius 2 is 0.903 bits per heavy atom. The van der Waals surface area contributed by atoms with E-state index in [-0.39, 0.29) is 11.8 Å². The van der Waals surface area contributed by atoms with Gasteiger partial charge in [-0.3, -0.25) is 0 Å². The van der Waals surface area contributed by atoms with E-state index in [0.717, 1.165) is 11.1 Å². The SMILES string of the molecule is CC(c1ccccc1)c1cc(C(C)c2ccccc2)cc(C(C)(N)c2ccccc2)c1. The van der Waals surface area contributed by atoms with Crippen molar-refractivity contribution in [3.8, 4) is 0 Å². The van der Waals surface area contributed by atoms with E-state index in [1.165, 1.54) is 22.3 Å². The Morgan fingerprint density at radius 1 is 0.516 bits per heavy atom. The highest BCUT2D eigenvalue weighted by atomic mass is 14.7. The van der Waals surface area contributed by atoms with E-state index in [1.807, 2.05) is 6.07 Å². The molecule has 0 amide bonds. The Kier molecular flexibility index (Phi) is 6.06. The molecular formula is C30H31N. The van der Waals surface area contributed by atoms with Crippen molar-refractivity contribution < 1.29 is 0 Å². The molecule has 0 saturated heterocycles. The molecule has 3 unspecified atom stereocenters. The van der Waals surface area contributed by atoms with Crippen LogP contribution < -0.4 is 5.73 Å². The van der Waals surface area contributed by atoms with Crippen LogP contribution >= 0.6 is 0 Å². The van der Waals surface area contributed by atoms with Crippen LogP contribution in [0.2, 0.25) is 0 Å². The molecule has 4 rings (SSSR count). The molecule has 0 fully saturated rings. The van der Waals surface area contributed by atoms with Gasteiger partial charge in [-0.15, -0.1) is 0 Å². The van der Waals surface area contributed by atoms with E-state index in [4.69, 9.17) is 5.73 Å². The number of benzene rings is 4. The predicted molar refractivity (Wildman–Crippen MR) is 131 cm³/mol. The van der Waals surface area contributed by atoms with Crippen molar-refractivity contribution in [2.75, 3.05) is 0 Å². The highest BCUT2D eigenvalue weighted by molar-refractivity contribution is 5.46. The summed E-state index contributed by atoms with van der Waals surface area (Å²) in [5.74, 6) is 0.573. The van der Waals surface area contributed by atoms with Gasteiger partial charge in [0.1, 0.15) is 0 Å². The molecule has 0 aliphatic carbocycles. The quantitative estimate of drug-likeness (QED) is 0.360. The van der Waals surface area contributed by atoms with Crippen molar-refractivity contribution in [1.82, 2.24) is 0 Å². The molecule has 0 spiro atoms. The monoisotopic (exact) mass is 405 g/mol. The number of nitrogens with two attached hydrogens (primary N) is 1. The summed E-state index contributed by atoms with van der Waals surface area (Å²) in [5.41, 5.74) is 13.9. The van der Waals surface area contributed by atoms with Crippen LogP contribution in [-0.2, 0) is 5.54 Å². The van der Waals surface area contributed by atoms with E-state index in [9.17, 15) is 0 Å². The molecule has 0 radical (unpaired) electrons. The second-order valence-electron chi connectivity index (χ2n) is 8.72. The van der Waals surface area contributed by atoms with Crippen molar-refractivity contribution in [1.29, 1.82) is 0 Å². The van der Waals surface area contributed by atoms with Crippen molar-refractivity contribution >= 4 is 0 Å². The van der Waals surface area contributed by atoms with Crippen LogP contribution in [0.15, 0.2) is 109 Å². The van der Waals surface area contributed by atoms with Gasteiger partial charge in [0.15, 0.2) is 0 Å². The first-order valence-corrected chi connectivity index (χ1v) is 11.1. The Labute approximate surface area is 186 Å². The molecule has 0 bridgehead atoms. The zero-order chi connectivity index (χ0) is 21.8. The molecule has 1 heteroatoms. The van der Waals surface area contributed by atoms with Gasteiger partial charge < -0.3 is 5.73 Å². The Balaban J connectivity index is 1.84. The van der Waals surface area contributed by atoms with Gasteiger partial charge in [-0.05, 0) is 40.3 Å². The Morgan fingerprint density at radius 3 is 1.32 bits per heavy atom. The summed E-state index contributed by atoms with van der Waals surface area (Å²) in [5, 5.41) is 0. The minimum Gasteiger partial charge on any atom is -0.318 e. The van der Waals surface area contributed by atoms with Crippen LogP contribution in [0.25, 0.3) is 0 Å². The number of hydrogen-bond donors (Lipinski definition) is 1. The molecule has 0 aliphatic rings. The number of hydrogen-bond acceptors (Lipinski definition) is 1. The summed E-state index contributed by atoms with van der Waals surface area (Å²) in [7, 11) is 0. The zero-order valence-electron chi connectivity index (χ0n) is 18.6. The first-order chi connectivity index (χ1) is 15.0. The molecule has 0 aromatic heterocycles. The maximum atomic E-state index is 6.97. The van der Waals surface area contributed by atoms with Gasteiger partial charge in [-0.2, -0.15) is 0 Å². The lowest BCUT2D eigenvalue weighted by Gasteiger charge is -2.29. The third-order valence-corrected chi connectivity index (χ3v) is 6.55. The molecule has 3 atom stereocenters. The summed E-state index contributed by atoms with van der Waals surface area (Å²) in [6.07, 6.45) is 0. The minimum atomic E-state index is -0.571. The van der Waals surface area contributed by atoms with Crippen molar-refractivity contribution in [2.45, 2.75) is 38.1 Å². The molecule has 4 aromatic rings. The zero-order valence-corrected chi connectivity index (χ0v) is 18.6. The molecule has 2 N–H and O–H groups in total. The lowest BCUT2D eigenvalue weighted by molar-refractivity contribution is 0.600. The fraction of sp³-hybridized carbons (Fsp3) is 0.200. The van der Waals surface area contributed by atoms with Crippen LogP contribution in [0.1, 0.15) is 66.0 Å². The summed E-state index contributed by atoms with van der Waals surface area (Å²) < 4.78 is 0. The fourth-order valence-electron chi connectivity index (χ4n) is 4.30. The Hall–Kier alpha value is -3.16. The van der Waals surface area contributed by atoms with Gasteiger partial charge in [0.2, 0.25) is 0 Å². The van der Waals surface area contributed by atoms with E-state index >= 15 is 0 Å². The summed E-state index contributed by atoms with van der Waals surface area (Å²) >= 11 is 0. The van der Waals surface area contributed by atoms with Crippen LogP contribution in [0.3, 0.4) is 0 Å². The van der Waals surface area contributed by atoms with Gasteiger partial charge in [-0.25, -0.2) is 0 Å². The van der Waals surface area contributed by atoms with E-state index in [2.05, 4.69) is 124 Å². The van der Waals surface area contributed by atoms with E-state index in [0.29, 0.717) is 0 Å². The number of rotatable bonds is 6. The highest BCUT2D eigenvalue weighted by Crippen LogP contribution is 2.35. The van der Waals surface area contributed by atoms with Crippen molar-refractivity contribution in [2.24, 2.45) is 5.73 Å². The molecule has 1 nitrogen and oxygen atoms in total. The summed E-state index contributed by atoms with van der Waals surface area (Å²) in [4.78, 5) is 0. The summed E-state index contributed by atoms with van der Waals surface area (Å²) in [6.45, 7) is 6.68. The third kappa shape index (κ3) is 4.47. The maximum Gasteiger partial charge on any atom is 0.0637 e. The van der Waals surface area contributed by atoms with E-state index in [1.54, 1.807) is 0 Å². The highest BCUT2D eigenvalue weighted by Gasteiger charge is 2.26. The lowest BCUT2D eigenvalue weighted by atomic mass is 9.79. The molecule has 0 heterocycles. The molecule has 4 aromatic carbocycles. The first kappa shape index (κ1) is 21.1. The standard InChI is InChI=1S/C30H31N/c1-22(24-13-7-4-8-14-24)26-19-27(23(2)25-15-9-5-10-16-25)21-29(20-26)30(3,31)28-17-11-6-12-18-28/h4-23H,31H2,1-3H3. The fourth-order valence-corrected chi connectivity index (χ4v) is 4.30.